The number of aryl methyl sites for hydroxylation is 1. The lowest BCUT2D eigenvalue weighted by Gasteiger charge is -2.16. The summed E-state index contributed by atoms with van der Waals surface area (Å²) < 4.78 is 62.7. The SMILES string of the molecule is Cc1ccc(F)c([C@@H](N)CC(F)(F)F)c1F.Cl. The van der Waals surface area contributed by atoms with E-state index in [1.807, 2.05) is 0 Å². The minimum atomic E-state index is -4.55. The van der Waals surface area contributed by atoms with Gasteiger partial charge in [-0.15, -0.1) is 12.4 Å². The normalized spacial score (nSPS) is 13.1. The standard InChI is InChI=1S/C10H10F5N.ClH/c1-5-2-3-6(11)8(9(5)12)7(16)4-10(13,14)15;/h2-3,7H,4,16H2,1H3;1H/t7-;/m0./s1. The van der Waals surface area contributed by atoms with Crippen molar-refractivity contribution in [2.75, 3.05) is 0 Å². The second-order valence-electron chi connectivity index (χ2n) is 3.52. The third-order valence-electron chi connectivity index (χ3n) is 2.14. The van der Waals surface area contributed by atoms with E-state index >= 15 is 0 Å². The molecule has 0 saturated heterocycles. The van der Waals surface area contributed by atoms with Gasteiger partial charge in [0, 0.05) is 11.6 Å². The lowest BCUT2D eigenvalue weighted by atomic mass is 10.0. The number of hydrogen-bond acceptors (Lipinski definition) is 1. The predicted octanol–water partition coefficient (Wildman–Crippen LogP) is 3.65. The van der Waals surface area contributed by atoms with Crippen molar-refractivity contribution in [3.05, 3.63) is 34.9 Å². The average Bonchev–Trinajstić information content (AvgIpc) is 2.09. The zero-order valence-corrected chi connectivity index (χ0v) is 9.63. The Kier molecular flexibility index (Phi) is 5.35. The van der Waals surface area contributed by atoms with Gasteiger partial charge in [0.25, 0.3) is 0 Å². The van der Waals surface area contributed by atoms with Crippen LogP contribution in [0.15, 0.2) is 12.1 Å². The van der Waals surface area contributed by atoms with Gasteiger partial charge in [-0.3, -0.25) is 0 Å². The van der Waals surface area contributed by atoms with E-state index in [0.29, 0.717) is 0 Å². The molecule has 0 spiro atoms. The first-order valence-corrected chi connectivity index (χ1v) is 4.49. The first-order chi connectivity index (χ1) is 7.22. The molecule has 0 radical (unpaired) electrons. The molecule has 0 aliphatic carbocycles. The Morgan fingerprint density at radius 3 is 2.24 bits per heavy atom. The van der Waals surface area contributed by atoms with Crippen LogP contribution in [0.1, 0.15) is 23.6 Å². The topological polar surface area (TPSA) is 26.0 Å². The Bertz CT molecular complexity index is 391. The zero-order chi connectivity index (χ0) is 12.5. The van der Waals surface area contributed by atoms with E-state index in [4.69, 9.17) is 5.73 Å². The van der Waals surface area contributed by atoms with Crippen molar-refractivity contribution in [2.45, 2.75) is 25.6 Å². The monoisotopic (exact) mass is 275 g/mol. The molecule has 7 heteroatoms. The van der Waals surface area contributed by atoms with Gasteiger partial charge in [0.05, 0.1) is 6.42 Å². The van der Waals surface area contributed by atoms with Gasteiger partial charge in [0.15, 0.2) is 0 Å². The first kappa shape index (κ1) is 16.1. The summed E-state index contributed by atoms with van der Waals surface area (Å²) in [6, 6.07) is 0.332. The highest BCUT2D eigenvalue weighted by atomic mass is 35.5. The summed E-state index contributed by atoms with van der Waals surface area (Å²) in [5, 5.41) is 0. The molecule has 2 N–H and O–H groups in total. The molecule has 0 bridgehead atoms. The molecule has 0 aliphatic rings. The maximum Gasteiger partial charge on any atom is 0.390 e. The largest absolute Gasteiger partial charge is 0.390 e. The summed E-state index contributed by atoms with van der Waals surface area (Å²) in [5.41, 5.74) is 4.50. The minimum Gasteiger partial charge on any atom is -0.323 e. The van der Waals surface area contributed by atoms with Gasteiger partial charge < -0.3 is 5.73 Å². The number of alkyl halides is 3. The van der Waals surface area contributed by atoms with Gasteiger partial charge >= 0.3 is 6.18 Å². The molecule has 0 saturated carbocycles. The van der Waals surface area contributed by atoms with Gasteiger partial charge in [0.1, 0.15) is 11.6 Å². The molecule has 0 amide bonds. The maximum atomic E-state index is 13.4. The van der Waals surface area contributed by atoms with E-state index in [2.05, 4.69) is 0 Å². The van der Waals surface area contributed by atoms with Crippen LogP contribution in [-0.4, -0.2) is 6.18 Å². The van der Waals surface area contributed by atoms with E-state index in [1.165, 1.54) is 6.92 Å². The molecular formula is C10H11ClF5N. The van der Waals surface area contributed by atoms with Crippen LogP contribution in [0.2, 0.25) is 0 Å². The molecule has 1 aromatic rings. The molecule has 1 rings (SSSR count). The van der Waals surface area contributed by atoms with Crippen molar-refractivity contribution >= 4 is 12.4 Å². The van der Waals surface area contributed by atoms with Crippen molar-refractivity contribution in [3.8, 4) is 0 Å². The van der Waals surface area contributed by atoms with Gasteiger partial charge in [-0.1, -0.05) is 6.07 Å². The molecule has 0 fully saturated rings. The van der Waals surface area contributed by atoms with Crippen LogP contribution < -0.4 is 5.73 Å². The molecule has 98 valence electrons. The van der Waals surface area contributed by atoms with E-state index in [1.54, 1.807) is 0 Å². The van der Waals surface area contributed by atoms with Crippen LogP contribution in [0, 0.1) is 18.6 Å². The Labute approximate surface area is 101 Å². The molecule has 17 heavy (non-hydrogen) atoms. The second kappa shape index (κ2) is 5.64. The highest BCUT2D eigenvalue weighted by Gasteiger charge is 2.33. The van der Waals surface area contributed by atoms with Crippen molar-refractivity contribution in [3.63, 3.8) is 0 Å². The third kappa shape index (κ3) is 4.12. The fraction of sp³-hybridized carbons (Fsp3) is 0.400. The number of nitrogens with two attached hydrogens (primary N) is 1. The van der Waals surface area contributed by atoms with Gasteiger partial charge in [-0.25, -0.2) is 8.78 Å². The molecule has 1 atom stereocenters. The fourth-order valence-corrected chi connectivity index (χ4v) is 1.37. The third-order valence-corrected chi connectivity index (χ3v) is 2.14. The Hall–Kier alpha value is -0.880. The molecule has 0 unspecified atom stereocenters. The van der Waals surface area contributed by atoms with E-state index in [0.717, 1.165) is 12.1 Å². The highest BCUT2D eigenvalue weighted by Crippen LogP contribution is 2.31. The summed E-state index contributed by atoms with van der Waals surface area (Å²) in [4.78, 5) is 0. The first-order valence-electron chi connectivity index (χ1n) is 4.49. The summed E-state index contributed by atoms with van der Waals surface area (Å²) >= 11 is 0. The highest BCUT2D eigenvalue weighted by molar-refractivity contribution is 5.85. The average molecular weight is 276 g/mol. The van der Waals surface area contributed by atoms with Crippen LogP contribution in [0.5, 0.6) is 0 Å². The molecule has 0 aromatic heterocycles. The van der Waals surface area contributed by atoms with Crippen LogP contribution in [-0.2, 0) is 0 Å². The van der Waals surface area contributed by atoms with Crippen molar-refractivity contribution < 1.29 is 22.0 Å². The quantitative estimate of drug-likeness (QED) is 0.819. The summed E-state index contributed by atoms with van der Waals surface area (Å²) in [6.45, 7) is 1.33. The molecular weight excluding hydrogens is 265 g/mol. The molecule has 0 heterocycles. The van der Waals surface area contributed by atoms with Crippen molar-refractivity contribution in [2.24, 2.45) is 5.73 Å². The smallest absolute Gasteiger partial charge is 0.323 e. The second-order valence-corrected chi connectivity index (χ2v) is 3.52. The summed E-state index contributed by atoms with van der Waals surface area (Å²) in [5.74, 6) is -2.07. The number of rotatable bonds is 2. The maximum absolute atomic E-state index is 13.4. The lowest BCUT2D eigenvalue weighted by molar-refractivity contribution is -0.138. The van der Waals surface area contributed by atoms with Crippen LogP contribution in [0.3, 0.4) is 0 Å². The van der Waals surface area contributed by atoms with E-state index < -0.39 is 35.8 Å². The van der Waals surface area contributed by atoms with E-state index in [-0.39, 0.29) is 18.0 Å². The Morgan fingerprint density at radius 2 is 1.76 bits per heavy atom. The fourth-order valence-electron chi connectivity index (χ4n) is 1.37. The van der Waals surface area contributed by atoms with Gasteiger partial charge in [-0.2, -0.15) is 13.2 Å². The van der Waals surface area contributed by atoms with Gasteiger partial charge in [0.2, 0.25) is 0 Å². The van der Waals surface area contributed by atoms with Crippen molar-refractivity contribution in [1.82, 2.24) is 0 Å². The van der Waals surface area contributed by atoms with Gasteiger partial charge in [-0.05, 0) is 18.6 Å². The van der Waals surface area contributed by atoms with Crippen molar-refractivity contribution in [1.29, 1.82) is 0 Å². The van der Waals surface area contributed by atoms with Crippen LogP contribution in [0.25, 0.3) is 0 Å². The molecule has 1 aromatic carbocycles. The number of hydrogen-bond donors (Lipinski definition) is 1. The van der Waals surface area contributed by atoms with Crippen LogP contribution in [0.4, 0.5) is 22.0 Å². The lowest BCUT2D eigenvalue weighted by Crippen LogP contribution is -2.22. The number of halogens is 6. The molecule has 0 aliphatic heterocycles. The summed E-state index contributed by atoms with van der Waals surface area (Å²) in [7, 11) is 0. The minimum absolute atomic E-state index is 0. The zero-order valence-electron chi connectivity index (χ0n) is 8.81. The van der Waals surface area contributed by atoms with Crippen LogP contribution >= 0.6 is 12.4 Å². The Morgan fingerprint density at radius 1 is 1.24 bits per heavy atom. The summed E-state index contributed by atoms with van der Waals surface area (Å²) in [6.07, 6.45) is -6.01. The molecule has 1 nitrogen and oxygen atoms in total. The van der Waals surface area contributed by atoms with E-state index in [9.17, 15) is 22.0 Å². The number of benzene rings is 1. The Balaban J connectivity index is 0.00000256. The predicted molar refractivity (Wildman–Crippen MR) is 55.9 cm³/mol.